The van der Waals surface area contributed by atoms with Gasteiger partial charge in [0.2, 0.25) is 0 Å². The summed E-state index contributed by atoms with van der Waals surface area (Å²) in [5, 5.41) is 0. The van der Waals surface area contributed by atoms with Crippen molar-refractivity contribution in [3.8, 4) is 5.75 Å². The lowest BCUT2D eigenvalue weighted by atomic mass is 10.2. The lowest BCUT2D eigenvalue weighted by molar-refractivity contribution is 0.299. The number of hydrogen-bond acceptors (Lipinski definition) is 3. The van der Waals surface area contributed by atoms with Gasteiger partial charge >= 0.3 is 0 Å². The largest absolute Gasteiger partial charge is 0.487 e. The number of pyridine rings is 1. The van der Waals surface area contributed by atoms with Crippen molar-refractivity contribution in [1.82, 2.24) is 4.98 Å². The number of rotatable bonds is 4. The van der Waals surface area contributed by atoms with Crippen LogP contribution in [-0.4, -0.2) is 4.98 Å². The Bertz CT molecular complexity index is 485. The standard InChI is InChI=1S/C13H13FN2O/c14-11-2-1-3-13(6-11)17-9-12-5-4-10(7-15)8-16-12/h1-6,8H,7,9,15H2. The van der Waals surface area contributed by atoms with Crippen molar-refractivity contribution in [2.75, 3.05) is 0 Å². The Balaban J connectivity index is 1.97. The maximum Gasteiger partial charge on any atom is 0.130 e. The average molecular weight is 232 g/mol. The quantitative estimate of drug-likeness (QED) is 0.879. The van der Waals surface area contributed by atoms with E-state index in [0.717, 1.165) is 11.3 Å². The molecule has 0 aliphatic carbocycles. The van der Waals surface area contributed by atoms with E-state index >= 15 is 0 Å². The number of aromatic nitrogens is 1. The van der Waals surface area contributed by atoms with Crippen molar-refractivity contribution in [2.24, 2.45) is 5.73 Å². The molecule has 4 heteroatoms. The third kappa shape index (κ3) is 3.26. The highest BCUT2D eigenvalue weighted by Gasteiger charge is 1.99. The minimum atomic E-state index is -0.311. The second-order valence-corrected chi connectivity index (χ2v) is 3.61. The van der Waals surface area contributed by atoms with Gasteiger partial charge in [0.25, 0.3) is 0 Å². The number of halogens is 1. The molecular formula is C13H13FN2O. The summed E-state index contributed by atoms with van der Waals surface area (Å²) in [6.07, 6.45) is 1.71. The molecule has 0 atom stereocenters. The molecule has 2 aromatic rings. The first-order valence-electron chi connectivity index (χ1n) is 5.30. The molecule has 0 aliphatic rings. The SMILES string of the molecule is NCc1ccc(COc2cccc(F)c2)nc1. The van der Waals surface area contributed by atoms with Crippen molar-refractivity contribution >= 4 is 0 Å². The summed E-state index contributed by atoms with van der Waals surface area (Å²) < 4.78 is 18.3. The smallest absolute Gasteiger partial charge is 0.130 e. The Labute approximate surface area is 99.1 Å². The minimum absolute atomic E-state index is 0.311. The second kappa shape index (κ2) is 5.41. The summed E-state index contributed by atoms with van der Waals surface area (Å²) in [5.41, 5.74) is 7.22. The predicted molar refractivity (Wildman–Crippen MR) is 62.9 cm³/mol. The maximum absolute atomic E-state index is 12.9. The molecule has 0 saturated heterocycles. The maximum atomic E-state index is 12.9. The Hall–Kier alpha value is -1.94. The Kier molecular flexibility index (Phi) is 3.67. The molecule has 2 N–H and O–H groups in total. The summed E-state index contributed by atoms with van der Waals surface area (Å²) in [4.78, 5) is 4.19. The van der Waals surface area contributed by atoms with E-state index in [9.17, 15) is 4.39 Å². The van der Waals surface area contributed by atoms with E-state index in [1.807, 2.05) is 12.1 Å². The molecule has 0 bridgehead atoms. The van der Waals surface area contributed by atoms with Crippen LogP contribution in [0.1, 0.15) is 11.3 Å². The van der Waals surface area contributed by atoms with Crippen LogP contribution in [0.3, 0.4) is 0 Å². The zero-order valence-electron chi connectivity index (χ0n) is 9.27. The van der Waals surface area contributed by atoms with Crippen LogP contribution in [0.4, 0.5) is 4.39 Å². The molecule has 0 unspecified atom stereocenters. The number of ether oxygens (including phenoxy) is 1. The highest BCUT2D eigenvalue weighted by Crippen LogP contribution is 2.13. The molecule has 0 radical (unpaired) electrons. The van der Waals surface area contributed by atoms with Crippen LogP contribution in [0.2, 0.25) is 0 Å². The zero-order chi connectivity index (χ0) is 12.1. The van der Waals surface area contributed by atoms with E-state index in [1.165, 1.54) is 12.1 Å². The fraction of sp³-hybridized carbons (Fsp3) is 0.154. The van der Waals surface area contributed by atoms with Gasteiger partial charge in [0.1, 0.15) is 18.2 Å². The van der Waals surface area contributed by atoms with Crippen LogP contribution in [0.5, 0.6) is 5.75 Å². The monoisotopic (exact) mass is 232 g/mol. The lowest BCUT2D eigenvalue weighted by Gasteiger charge is -2.06. The van der Waals surface area contributed by atoms with E-state index < -0.39 is 0 Å². The van der Waals surface area contributed by atoms with Crippen molar-refractivity contribution in [1.29, 1.82) is 0 Å². The molecule has 0 aliphatic heterocycles. The van der Waals surface area contributed by atoms with Crippen LogP contribution < -0.4 is 10.5 Å². The minimum Gasteiger partial charge on any atom is -0.487 e. The van der Waals surface area contributed by atoms with Crippen molar-refractivity contribution in [3.63, 3.8) is 0 Å². The third-order valence-corrected chi connectivity index (χ3v) is 2.30. The van der Waals surface area contributed by atoms with E-state index in [4.69, 9.17) is 10.5 Å². The highest BCUT2D eigenvalue weighted by molar-refractivity contribution is 5.23. The fourth-order valence-corrected chi connectivity index (χ4v) is 1.38. The first-order chi connectivity index (χ1) is 8.28. The van der Waals surface area contributed by atoms with Crippen LogP contribution in [0.15, 0.2) is 42.6 Å². The molecule has 88 valence electrons. The van der Waals surface area contributed by atoms with Crippen LogP contribution in [-0.2, 0) is 13.2 Å². The van der Waals surface area contributed by atoms with Gasteiger partial charge in [-0.05, 0) is 23.8 Å². The predicted octanol–water partition coefficient (Wildman–Crippen LogP) is 2.26. The molecular weight excluding hydrogens is 219 g/mol. The molecule has 1 heterocycles. The highest BCUT2D eigenvalue weighted by atomic mass is 19.1. The van der Waals surface area contributed by atoms with Crippen LogP contribution in [0.25, 0.3) is 0 Å². The molecule has 0 spiro atoms. The summed E-state index contributed by atoms with van der Waals surface area (Å²) in [6, 6.07) is 9.78. The number of nitrogens with zero attached hydrogens (tertiary/aromatic N) is 1. The number of nitrogens with two attached hydrogens (primary N) is 1. The molecule has 0 amide bonds. The van der Waals surface area contributed by atoms with Gasteiger partial charge in [-0.15, -0.1) is 0 Å². The average Bonchev–Trinajstić information content (AvgIpc) is 2.37. The summed E-state index contributed by atoms with van der Waals surface area (Å²) >= 11 is 0. The van der Waals surface area contributed by atoms with Crippen molar-refractivity contribution in [3.05, 3.63) is 59.7 Å². The first-order valence-corrected chi connectivity index (χ1v) is 5.30. The van der Waals surface area contributed by atoms with E-state index in [-0.39, 0.29) is 5.82 Å². The van der Waals surface area contributed by atoms with Crippen LogP contribution in [0, 0.1) is 5.82 Å². The van der Waals surface area contributed by atoms with E-state index in [1.54, 1.807) is 18.3 Å². The molecule has 1 aromatic carbocycles. The van der Waals surface area contributed by atoms with Crippen LogP contribution >= 0.6 is 0 Å². The summed E-state index contributed by atoms with van der Waals surface area (Å²) in [6.45, 7) is 0.784. The van der Waals surface area contributed by atoms with Gasteiger partial charge in [0.05, 0.1) is 5.69 Å². The lowest BCUT2D eigenvalue weighted by Crippen LogP contribution is -2.01. The van der Waals surface area contributed by atoms with Gasteiger partial charge in [-0.2, -0.15) is 0 Å². The first kappa shape index (κ1) is 11.5. The molecule has 3 nitrogen and oxygen atoms in total. The van der Waals surface area contributed by atoms with Gasteiger partial charge in [-0.25, -0.2) is 4.39 Å². The topological polar surface area (TPSA) is 48.1 Å². The van der Waals surface area contributed by atoms with E-state index in [2.05, 4.69) is 4.98 Å². The number of hydrogen-bond donors (Lipinski definition) is 1. The van der Waals surface area contributed by atoms with Gasteiger partial charge in [-0.1, -0.05) is 12.1 Å². The molecule has 17 heavy (non-hydrogen) atoms. The van der Waals surface area contributed by atoms with Gasteiger partial charge in [0, 0.05) is 18.8 Å². The summed E-state index contributed by atoms with van der Waals surface area (Å²) in [5.74, 6) is 0.184. The van der Waals surface area contributed by atoms with Gasteiger partial charge < -0.3 is 10.5 Å². The molecule has 0 fully saturated rings. The Morgan fingerprint density at radius 2 is 2.12 bits per heavy atom. The summed E-state index contributed by atoms with van der Waals surface area (Å²) in [7, 11) is 0. The third-order valence-electron chi connectivity index (χ3n) is 2.30. The Morgan fingerprint density at radius 3 is 2.76 bits per heavy atom. The van der Waals surface area contributed by atoms with Gasteiger partial charge in [0.15, 0.2) is 0 Å². The number of benzene rings is 1. The molecule has 1 aromatic heterocycles. The normalized spacial score (nSPS) is 10.2. The second-order valence-electron chi connectivity index (χ2n) is 3.61. The zero-order valence-corrected chi connectivity index (χ0v) is 9.27. The fourth-order valence-electron chi connectivity index (χ4n) is 1.38. The molecule has 2 rings (SSSR count). The Morgan fingerprint density at radius 1 is 1.24 bits per heavy atom. The van der Waals surface area contributed by atoms with Gasteiger partial charge in [-0.3, -0.25) is 4.98 Å². The molecule has 0 saturated carbocycles. The van der Waals surface area contributed by atoms with Crippen molar-refractivity contribution in [2.45, 2.75) is 13.2 Å². The van der Waals surface area contributed by atoms with E-state index in [0.29, 0.717) is 18.9 Å². The van der Waals surface area contributed by atoms with Crippen molar-refractivity contribution < 1.29 is 9.13 Å².